The predicted molar refractivity (Wildman–Crippen MR) is 152 cm³/mol. The van der Waals surface area contributed by atoms with E-state index >= 15 is 0 Å². The zero-order valence-electron chi connectivity index (χ0n) is 24.5. The Morgan fingerprint density at radius 1 is 0.872 bits per heavy atom. The first-order chi connectivity index (χ1) is 17.9. The number of nitrogens with one attached hydrogen (secondary N) is 2. The predicted octanol–water partition coefficient (Wildman–Crippen LogP) is 4.69. The van der Waals surface area contributed by atoms with Crippen LogP contribution in [0.15, 0.2) is 42.5 Å². The summed E-state index contributed by atoms with van der Waals surface area (Å²) in [5.41, 5.74) is 7.54. The summed E-state index contributed by atoms with van der Waals surface area (Å²) in [7, 11) is 0. The topological polar surface area (TPSA) is 131 Å². The van der Waals surface area contributed by atoms with Crippen LogP contribution in [0, 0.1) is 20.8 Å². The molecule has 9 heteroatoms. The summed E-state index contributed by atoms with van der Waals surface area (Å²) in [4.78, 5) is 54.3. The van der Waals surface area contributed by atoms with E-state index in [1.54, 1.807) is 53.7 Å². The van der Waals surface area contributed by atoms with Crippen LogP contribution in [0.1, 0.15) is 76.3 Å². The van der Waals surface area contributed by atoms with Crippen LogP contribution in [-0.2, 0) is 19.1 Å². The molecule has 9 nitrogen and oxygen atoms in total. The van der Waals surface area contributed by atoms with E-state index < -0.39 is 53.5 Å². The number of alkyl carbamates (subject to hydrolysis) is 1. The number of primary amides is 1. The standard InChI is InChI=1S/C30H42N4O5/c1-18-13-10-11-16-21(18)25(26(36)33-24-19(2)14-12-15-20(24)3)34(29(4,5)6)27(37)22(17-23(31)35)32-28(38)39-30(7,8)9/h10-16,22,25H,17H2,1-9H3,(H2,31,35)(H,32,38)(H,33,36). The van der Waals surface area contributed by atoms with Crippen LogP contribution in [0.3, 0.4) is 0 Å². The summed E-state index contributed by atoms with van der Waals surface area (Å²) < 4.78 is 5.33. The van der Waals surface area contributed by atoms with E-state index in [4.69, 9.17) is 10.5 Å². The van der Waals surface area contributed by atoms with Crippen LogP contribution in [0.4, 0.5) is 10.5 Å². The smallest absolute Gasteiger partial charge is 0.408 e. The van der Waals surface area contributed by atoms with Crippen molar-refractivity contribution in [2.24, 2.45) is 5.73 Å². The summed E-state index contributed by atoms with van der Waals surface area (Å²) in [5, 5.41) is 5.53. The first-order valence-corrected chi connectivity index (χ1v) is 13.0. The molecule has 0 spiro atoms. The highest BCUT2D eigenvalue weighted by Gasteiger charge is 2.43. The molecule has 2 unspecified atom stereocenters. The van der Waals surface area contributed by atoms with Crippen molar-refractivity contribution >= 4 is 29.5 Å². The minimum atomic E-state index is -1.35. The van der Waals surface area contributed by atoms with Crippen LogP contribution >= 0.6 is 0 Å². The lowest BCUT2D eigenvalue weighted by Crippen LogP contribution is -2.58. The third kappa shape index (κ3) is 8.56. The highest BCUT2D eigenvalue weighted by atomic mass is 16.6. The van der Waals surface area contributed by atoms with Gasteiger partial charge in [0.05, 0.1) is 6.42 Å². The molecule has 2 atom stereocenters. The number of amides is 4. The second-order valence-electron chi connectivity index (χ2n) is 11.8. The van der Waals surface area contributed by atoms with E-state index in [0.717, 1.165) is 16.7 Å². The fourth-order valence-electron chi connectivity index (χ4n) is 4.36. The molecule has 0 aliphatic rings. The third-order valence-electron chi connectivity index (χ3n) is 6.07. The van der Waals surface area contributed by atoms with Crippen molar-refractivity contribution in [3.05, 3.63) is 64.7 Å². The lowest BCUT2D eigenvalue weighted by Gasteiger charge is -2.43. The van der Waals surface area contributed by atoms with E-state index in [1.165, 1.54) is 4.90 Å². The number of anilines is 1. The molecule has 2 aromatic carbocycles. The number of hydrogen-bond acceptors (Lipinski definition) is 5. The summed E-state index contributed by atoms with van der Waals surface area (Å²) >= 11 is 0. The number of ether oxygens (including phenoxy) is 1. The molecule has 39 heavy (non-hydrogen) atoms. The molecule has 4 N–H and O–H groups in total. The van der Waals surface area contributed by atoms with Gasteiger partial charge in [-0.05, 0) is 84.6 Å². The molecule has 0 heterocycles. The Morgan fingerprint density at radius 2 is 1.41 bits per heavy atom. The fourth-order valence-corrected chi connectivity index (χ4v) is 4.36. The van der Waals surface area contributed by atoms with Gasteiger partial charge in [-0.1, -0.05) is 42.5 Å². The SMILES string of the molecule is Cc1ccccc1C(C(=O)Nc1c(C)cccc1C)N(C(=O)C(CC(N)=O)NC(=O)OC(C)(C)C)C(C)(C)C. The molecule has 2 aromatic rings. The Hall–Kier alpha value is -3.88. The number of aryl methyl sites for hydroxylation is 3. The number of carbonyl (C=O) groups excluding carboxylic acids is 4. The van der Waals surface area contributed by atoms with E-state index in [-0.39, 0.29) is 0 Å². The number of nitrogens with two attached hydrogens (primary N) is 1. The van der Waals surface area contributed by atoms with Gasteiger partial charge in [0.2, 0.25) is 11.8 Å². The minimum Gasteiger partial charge on any atom is -0.444 e. The van der Waals surface area contributed by atoms with Gasteiger partial charge >= 0.3 is 6.09 Å². The van der Waals surface area contributed by atoms with Crippen molar-refractivity contribution in [3.8, 4) is 0 Å². The molecule has 2 rings (SSSR count). The minimum absolute atomic E-state index is 0.430. The van der Waals surface area contributed by atoms with Crippen LogP contribution < -0.4 is 16.4 Å². The molecule has 0 bridgehead atoms. The van der Waals surface area contributed by atoms with Crippen LogP contribution in [-0.4, -0.2) is 45.9 Å². The van der Waals surface area contributed by atoms with E-state index in [2.05, 4.69) is 10.6 Å². The molecule has 0 fully saturated rings. The number of para-hydroxylation sites is 1. The second-order valence-corrected chi connectivity index (χ2v) is 11.8. The summed E-state index contributed by atoms with van der Waals surface area (Å²) in [6.45, 7) is 16.1. The summed E-state index contributed by atoms with van der Waals surface area (Å²) in [5.74, 6) is -1.86. The quantitative estimate of drug-likeness (QED) is 0.449. The number of benzene rings is 2. The number of hydrogen-bond donors (Lipinski definition) is 3. The first-order valence-electron chi connectivity index (χ1n) is 13.0. The molecule has 0 radical (unpaired) electrons. The molecule has 0 saturated heterocycles. The fraction of sp³-hybridized carbons (Fsp3) is 0.467. The molecule has 0 aliphatic carbocycles. The molecule has 0 aliphatic heterocycles. The van der Waals surface area contributed by atoms with Crippen molar-refractivity contribution in [1.29, 1.82) is 0 Å². The van der Waals surface area contributed by atoms with Gasteiger partial charge in [0.15, 0.2) is 0 Å². The van der Waals surface area contributed by atoms with Gasteiger partial charge in [0, 0.05) is 11.2 Å². The zero-order valence-corrected chi connectivity index (χ0v) is 24.5. The van der Waals surface area contributed by atoms with Crippen molar-refractivity contribution in [2.45, 2.75) is 92.0 Å². The van der Waals surface area contributed by atoms with Gasteiger partial charge in [0.1, 0.15) is 17.7 Å². The maximum Gasteiger partial charge on any atom is 0.408 e. The van der Waals surface area contributed by atoms with Gasteiger partial charge in [-0.3, -0.25) is 14.4 Å². The Bertz CT molecular complexity index is 1210. The molecule has 212 valence electrons. The third-order valence-corrected chi connectivity index (χ3v) is 6.07. The lowest BCUT2D eigenvalue weighted by atomic mass is 9.92. The molecular formula is C30H42N4O5. The van der Waals surface area contributed by atoms with Crippen LogP contribution in [0.2, 0.25) is 0 Å². The Labute approximate surface area is 231 Å². The van der Waals surface area contributed by atoms with Gasteiger partial charge < -0.3 is 26.0 Å². The molecule has 4 amide bonds. The zero-order chi connectivity index (χ0) is 29.7. The molecule has 0 aromatic heterocycles. The number of nitrogens with zero attached hydrogens (tertiary/aromatic N) is 1. The number of rotatable bonds is 8. The van der Waals surface area contributed by atoms with Crippen molar-refractivity contribution < 1.29 is 23.9 Å². The average molecular weight is 539 g/mol. The second kappa shape index (κ2) is 12.3. The van der Waals surface area contributed by atoms with Crippen molar-refractivity contribution in [3.63, 3.8) is 0 Å². The van der Waals surface area contributed by atoms with E-state index in [1.807, 2.05) is 51.1 Å². The Morgan fingerprint density at radius 3 is 1.90 bits per heavy atom. The Balaban J connectivity index is 2.65. The van der Waals surface area contributed by atoms with Crippen LogP contribution in [0.25, 0.3) is 0 Å². The van der Waals surface area contributed by atoms with E-state index in [9.17, 15) is 19.2 Å². The average Bonchev–Trinajstić information content (AvgIpc) is 2.77. The maximum absolute atomic E-state index is 14.2. The van der Waals surface area contributed by atoms with Gasteiger partial charge in [-0.25, -0.2) is 4.79 Å². The summed E-state index contributed by atoms with van der Waals surface area (Å²) in [6.07, 6.45) is -1.34. The normalized spacial score (nSPS) is 13.2. The highest BCUT2D eigenvalue weighted by Crippen LogP contribution is 2.33. The van der Waals surface area contributed by atoms with Crippen molar-refractivity contribution in [2.75, 3.05) is 5.32 Å². The summed E-state index contributed by atoms with van der Waals surface area (Å²) in [6, 6.07) is 10.6. The van der Waals surface area contributed by atoms with Gasteiger partial charge in [0.25, 0.3) is 5.91 Å². The van der Waals surface area contributed by atoms with E-state index in [0.29, 0.717) is 11.3 Å². The largest absolute Gasteiger partial charge is 0.444 e. The Kier molecular flexibility index (Phi) is 9.90. The van der Waals surface area contributed by atoms with Crippen LogP contribution in [0.5, 0.6) is 0 Å². The van der Waals surface area contributed by atoms with Gasteiger partial charge in [-0.15, -0.1) is 0 Å². The monoisotopic (exact) mass is 538 g/mol. The highest BCUT2D eigenvalue weighted by molar-refractivity contribution is 6.01. The lowest BCUT2D eigenvalue weighted by molar-refractivity contribution is -0.147. The molecule has 0 saturated carbocycles. The van der Waals surface area contributed by atoms with Crippen molar-refractivity contribution in [1.82, 2.24) is 10.2 Å². The first kappa shape index (κ1) is 31.3. The van der Waals surface area contributed by atoms with Gasteiger partial charge in [-0.2, -0.15) is 0 Å². The number of carbonyl (C=O) groups is 4. The maximum atomic E-state index is 14.2. The molecular weight excluding hydrogens is 496 g/mol.